The van der Waals surface area contributed by atoms with Crippen molar-refractivity contribution < 1.29 is 9.90 Å². The number of amides is 1. The quantitative estimate of drug-likeness (QED) is 0.544. The highest BCUT2D eigenvalue weighted by atomic mass is 79.9. The van der Waals surface area contributed by atoms with Crippen molar-refractivity contribution in [3.05, 3.63) is 50.9 Å². The second kappa shape index (κ2) is 5.63. The zero-order valence-corrected chi connectivity index (χ0v) is 12.8. The number of hydrogen-bond acceptors (Lipinski definition) is 3. The summed E-state index contributed by atoms with van der Waals surface area (Å²) in [6.07, 6.45) is 0. The minimum atomic E-state index is -0.388. The van der Waals surface area contributed by atoms with E-state index in [1.54, 1.807) is 0 Å². The number of halogens is 2. The Labute approximate surface area is 126 Å². The molecule has 0 heterocycles. The maximum absolute atomic E-state index is 12.1. The van der Waals surface area contributed by atoms with Crippen LogP contribution in [0, 0.1) is 0 Å². The van der Waals surface area contributed by atoms with Gasteiger partial charge in [0.25, 0.3) is 5.91 Å². The van der Waals surface area contributed by atoms with E-state index in [9.17, 15) is 9.90 Å². The van der Waals surface area contributed by atoms with Gasteiger partial charge in [0.05, 0.1) is 11.3 Å². The lowest BCUT2D eigenvalue weighted by Gasteiger charge is -2.11. The van der Waals surface area contributed by atoms with Gasteiger partial charge in [-0.1, -0.05) is 6.07 Å². The molecule has 4 N–H and O–H groups in total. The van der Waals surface area contributed by atoms with Gasteiger partial charge in [-0.2, -0.15) is 0 Å². The van der Waals surface area contributed by atoms with Gasteiger partial charge >= 0.3 is 0 Å². The minimum absolute atomic E-state index is 0.00876. The molecule has 0 fully saturated rings. The van der Waals surface area contributed by atoms with Crippen molar-refractivity contribution in [3.8, 4) is 5.75 Å². The smallest absolute Gasteiger partial charge is 0.257 e. The predicted molar refractivity (Wildman–Crippen MR) is 82.3 cm³/mol. The third-order valence-electron chi connectivity index (χ3n) is 2.48. The molecule has 0 atom stereocenters. The molecule has 0 radical (unpaired) electrons. The highest BCUT2D eigenvalue weighted by Crippen LogP contribution is 2.31. The van der Waals surface area contributed by atoms with Gasteiger partial charge in [0.15, 0.2) is 0 Å². The van der Waals surface area contributed by atoms with Gasteiger partial charge < -0.3 is 16.2 Å². The fraction of sp³-hybridized carbons (Fsp3) is 0. The summed E-state index contributed by atoms with van der Waals surface area (Å²) in [5, 5.41) is 12.1. The van der Waals surface area contributed by atoms with Gasteiger partial charge in [0.1, 0.15) is 5.75 Å². The summed E-state index contributed by atoms with van der Waals surface area (Å²) in [6, 6.07) is 9.71. The average Bonchev–Trinajstić information content (AvgIpc) is 2.37. The summed E-state index contributed by atoms with van der Waals surface area (Å²) in [6.45, 7) is 0. The molecular weight excluding hydrogens is 376 g/mol. The lowest BCUT2D eigenvalue weighted by molar-refractivity contribution is 0.102. The first-order valence-corrected chi connectivity index (χ1v) is 6.91. The molecule has 19 heavy (non-hydrogen) atoms. The van der Waals surface area contributed by atoms with Crippen LogP contribution >= 0.6 is 31.9 Å². The Kier molecular flexibility index (Phi) is 4.11. The number of carbonyl (C=O) groups is 1. The summed E-state index contributed by atoms with van der Waals surface area (Å²) >= 11 is 6.71. The van der Waals surface area contributed by atoms with E-state index in [0.29, 0.717) is 11.4 Å². The van der Waals surface area contributed by atoms with Gasteiger partial charge in [-0.3, -0.25) is 4.79 Å². The molecule has 2 aromatic carbocycles. The molecule has 0 saturated heterocycles. The van der Waals surface area contributed by atoms with Crippen LogP contribution < -0.4 is 11.1 Å². The summed E-state index contributed by atoms with van der Waals surface area (Å²) in [7, 11) is 0. The number of rotatable bonds is 2. The molecule has 0 aliphatic heterocycles. The number of anilines is 2. The van der Waals surface area contributed by atoms with Crippen molar-refractivity contribution in [2.24, 2.45) is 0 Å². The summed E-state index contributed by atoms with van der Waals surface area (Å²) in [5.74, 6) is -0.397. The largest absolute Gasteiger partial charge is 0.508 e. The third-order valence-corrected chi connectivity index (χ3v) is 3.80. The molecule has 0 aromatic heterocycles. The van der Waals surface area contributed by atoms with Crippen molar-refractivity contribution in [1.29, 1.82) is 0 Å². The average molecular weight is 386 g/mol. The molecule has 0 aliphatic carbocycles. The normalized spacial score (nSPS) is 10.2. The van der Waals surface area contributed by atoms with Crippen LogP contribution in [-0.4, -0.2) is 11.0 Å². The Balaban J connectivity index is 2.34. The first-order chi connectivity index (χ1) is 8.99. The first kappa shape index (κ1) is 13.9. The molecule has 0 bridgehead atoms. The number of nitrogens with one attached hydrogen (secondary N) is 1. The molecular formula is C13H10Br2N2O2. The number of para-hydroxylation sites is 1. The monoisotopic (exact) mass is 384 g/mol. The van der Waals surface area contributed by atoms with Gasteiger partial charge in [0.2, 0.25) is 0 Å². The number of phenolic OH excluding ortho intramolecular Hbond substituents is 1. The predicted octanol–water partition coefficient (Wildman–Crippen LogP) is 3.75. The van der Waals surface area contributed by atoms with E-state index in [-0.39, 0.29) is 17.2 Å². The van der Waals surface area contributed by atoms with Crippen LogP contribution in [0.15, 0.2) is 45.3 Å². The molecule has 2 rings (SSSR count). The van der Waals surface area contributed by atoms with Gasteiger partial charge in [0, 0.05) is 14.6 Å². The Morgan fingerprint density at radius 1 is 1.16 bits per heavy atom. The van der Waals surface area contributed by atoms with Crippen molar-refractivity contribution >= 4 is 49.1 Å². The lowest BCUT2D eigenvalue weighted by atomic mass is 10.1. The molecule has 0 aliphatic rings. The second-order valence-electron chi connectivity index (χ2n) is 3.82. The maximum atomic E-state index is 12.1. The van der Waals surface area contributed by atoms with Crippen molar-refractivity contribution in [1.82, 2.24) is 0 Å². The van der Waals surface area contributed by atoms with E-state index in [1.165, 1.54) is 18.2 Å². The minimum Gasteiger partial charge on any atom is -0.508 e. The van der Waals surface area contributed by atoms with Gasteiger partial charge in [-0.25, -0.2) is 0 Å². The van der Waals surface area contributed by atoms with E-state index in [2.05, 4.69) is 37.2 Å². The van der Waals surface area contributed by atoms with E-state index < -0.39 is 0 Å². The lowest BCUT2D eigenvalue weighted by Crippen LogP contribution is -2.14. The Hall–Kier alpha value is -1.53. The number of nitrogen functional groups attached to an aromatic ring is 1. The molecule has 1 amide bonds. The third kappa shape index (κ3) is 3.08. The zero-order valence-electron chi connectivity index (χ0n) is 9.65. The highest BCUT2D eigenvalue weighted by molar-refractivity contribution is 9.11. The number of nitrogens with two attached hydrogens (primary N) is 1. The number of phenols is 1. The molecule has 2 aromatic rings. The first-order valence-electron chi connectivity index (χ1n) is 5.33. The highest BCUT2D eigenvalue weighted by Gasteiger charge is 2.14. The second-order valence-corrected chi connectivity index (χ2v) is 5.53. The number of aromatic hydroxyl groups is 1. The van der Waals surface area contributed by atoms with Crippen molar-refractivity contribution in [2.45, 2.75) is 0 Å². The van der Waals surface area contributed by atoms with Crippen LogP contribution in [-0.2, 0) is 0 Å². The SMILES string of the molecule is Nc1ccc(O)cc1C(=O)Nc1c(Br)cccc1Br. The van der Waals surface area contributed by atoms with Crippen LogP contribution in [0.1, 0.15) is 10.4 Å². The van der Waals surface area contributed by atoms with Crippen LogP contribution in [0.3, 0.4) is 0 Å². The van der Waals surface area contributed by atoms with E-state index in [0.717, 1.165) is 8.95 Å². The summed E-state index contributed by atoms with van der Waals surface area (Å²) in [4.78, 5) is 12.1. The molecule has 0 unspecified atom stereocenters. The van der Waals surface area contributed by atoms with Crippen LogP contribution in [0.2, 0.25) is 0 Å². The van der Waals surface area contributed by atoms with Crippen molar-refractivity contribution in [3.63, 3.8) is 0 Å². The van der Waals surface area contributed by atoms with Crippen LogP contribution in [0.5, 0.6) is 5.75 Å². The Bertz CT molecular complexity index is 624. The number of carbonyl (C=O) groups excluding carboxylic acids is 1. The summed E-state index contributed by atoms with van der Waals surface area (Å²) < 4.78 is 1.49. The van der Waals surface area contributed by atoms with E-state index in [1.807, 2.05) is 18.2 Å². The van der Waals surface area contributed by atoms with Crippen molar-refractivity contribution in [2.75, 3.05) is 11.1 Å². The van der Waals surface area contributed by atoms with Crippen LogP contribution in [0.25, 0.3) is 0 Å². The standard InChI is InChI=1S/C13H10Br2N2O2/c14-9-2-1-3-10(15)12(9)17-13(19)8-6-7(18)4-5-11(8)16/h1-6,18H,16H2,(H,17,19). The maximum Gasteiger partial charge on any atom is 0.257 e. The molecule has 0 saturated carbocycles. The van der Waals surface area contributed by atoms with E-state index >= 15 is 0 Å². The molecule has 98 valence electrons. The zero-order chi connectivity index (χ0) is 14.0. The topological polar surface area (TPSA) is 75.3 Å². The fourth-order valence-corrected chi connectivity index (χ4v) is 2.74. The summed E-state index contributed by atoms with van der Waals surface area (Å²) in [5.41, 5.74) is 6.86. The number of benzene rings is 2. The van der Waals surface area contributed by atoms with Gasteiger partial charge in [-0.15, -0.1) is 0 Å². The number of hydrogen-bond donors (Lipinski definition) is 3. The molecule has 6 heteroatoms. The van der Waals surface area contributed by atoms with Crippen LogP contribution in [0.4, 0.5) is 11.4 Å². The fourth-order valence-electron chi connectivity index (χ4n) is 1.54. The molecule has 4 nitrogen and oxygen atoms in total. The van der Waals surface area contributed by atoms with Gasteiger partial charge in [-0.05, 0) is 62.2 Å². The van der Waals surface area contributed by atoms with E-state index in [4.69, 9.17) is 5.73 Å². The Morgan fingerprint density at radius 2 is 1.79 bits per heavy atom. The Morgan fingerprint density at radius 3 is 2.42 bits per heavy atom. The molecule has 0 spiro atoms.